The van der Waals surface area contributed by atoms with Gasteiger partial charge < -0.3 is 19.6 Å². The van der Waals surface area contributed by atoms with Crippen LogP contribution in [0.2, 0.25) is 5.02 Å². The van der Waals surface area contributed by atoms with Gasteiger partial charge in [0, 0.05) is 0 Å². The maximum absolute atomic E-state index is 12.7. The molecule has 0 radical (unpaired) electrons. The zero-order valence-electron chi connectivity index (χ0n) is 16.8. The molecule has 0 saturated carbocycles. The molecule has 0 saturated heterocycles. The number of hydrogen-bond acceptors (Lipinski definition) is 4. The Morgan fingerprint density at radius 1 is 1.10 bits per heavy atom. The first kappa shape index (κ1) is 20.7. The van der Waals surface area contributed by atoms with E-state index >= 15 is 0 Å². The van der Waals surface area contributed by atoms with E-state index in [2.05, 4.69) is 15.6 Å². The van der Waals surface area contributed by atoms with Gasteiger partial charge in [-0.2, -0.15) is 0 Å². The molecule has 2 amide bonds. The average molecular weight is 437 g/mol. The molecule has 2 N–H and O–H groups in total. The van der Waals surface area contributed by atoms with Crippen molar-refractivity contribution in [3.63, 3.8) is 0 Å². The van der Waals surface area contributed by atoms with Gasteiger partial charge in [0.1, 0.15) is 18.1 Å². The SMILES string of the molecule is CC(NC(=O)c1ccccc1Cl)c1nc2ccccc2n1CC(=O)NCc1ccco1. The molecule has 0 aliphatic rings. The maximum atomic E-state index is 12.7. The second-order valence-corrected chi connectivity index (χ2v) is 7.48. The van der Waals surface area contributed by atoms with Gasteiger partial charge in [-0.15, -0.1) is 0 Å². The van der Waals surface area contributed by atoms with Gasteiger partial charge in [-0.25, -0.2) is 4.98 Å². The van der Waals surface area contributed by atoms with Gasteiger partial charge in [0.05, 0.1) is 40.5 Å². The molecule has 2 aromatic heterocycles. The van der Waals surface area contributed by atoms with Crippen LogP contribution in [0.3, 0.4) is 0 Å². The number of nitrogens with one attached hydrogen (secondary N) is 2. The van der Waals surface area contributed by atoms with E-state index in [4.69, 9.17) is 16.0 Å². The topological polar surface area (TPSA) is 89.2 Å². The zero-order chi connectivity index (χ0) is 21.8. The minimum absolute atomic E-state index is 0.0584. The van der Waals surface area contributed by atoms with Crippen molar-refractivity contribution in [2.75, 3.05) is 0 Å². The van der Waals surface area contributed by atoms with Crippen molar-refractivity contribution < 1.29 is 14.0 Å². The van der Waals surface area contributed by atoms with Crippen LogP contribution in [-0.4, -0.2) is 21.4 Å². The molecule has 0 bridgehead atoms. The fraction of sp³-hybridized carbons (Fsp3) is 0.174. The predicted molar refractivity (Wildman–Crippen MR) is 118 cm³/mol. The highest BCUT2D eigenvalue weighted by Gasteiger charge is 2.21. The Morgan fingerprint density at radius 2 is 1.87 bits per heavy atom. The summed E-state index contributed by atoms with van der Waals surface area (Å²) in [4.78, 5) is 30.0. The lowest BCUT2D eigenvalue weighted by atomic mass is 10.2. The van der Waals surface area contributed by atoms with Crippen molar-refractivity contribution in [3.05, 3.63) is 89.1 Å². The molecule has 0 aliphatic heterocycles. The molecular weight excluding hydrogens is 416 g/mol. The van der Waals surface area contributed by atoms with Crippen LogP contribution >= 0.6 is 11.6 Å². The minimum atomic E-state index is -0.450. The monoisotopic (exact) mass is 436 g/mol. The molecule has 0 aliphatic carbocycles. The molecule has 31 heavy (non-hydrogen) atoms. The highest BCUT2D eigenvalue weighted by Crippen LogP contribution is 2.22. The van der Waals surface area contributed by atoms with Gasteiger partial charge in [0.15, 0.2) is 0 Å². The number of imidazole rings is 1. The summed E-state index contributed by atoms with van der Waals surface area (Å²) >= 11 is 6.15. The summed E-state index contributed by atoms with van der Waals surface area (Å²) in [7, 11) is 0. The van der Waals surface area contributed by atoms with Crippen molar-refractivity contribution >= 4 is 34.4 Å². The normalized spacial score (nSPS) is 11.9. The number of carbonyl (C=O) groups is 2. The zero-order valence-corrected chi connectivity index (χ0v) is 17.6. The summed E-state index contributed by atoms with van der Waals surface area (Å²) in [6.45, 7) is 2.18. The molecule has 2 heterocycles. The van der Waals surface area contributed by atoms with E-state index < -0.39 is 6.04 Å². The van der Waals surface area contributed by atoms with E-state index in [1.165, 1.54) is 0 Å². The fourth-order valence-electron chi connectivity index (χ4n) is 3.37. The largest absolute Gasteiger partial charge is 0.467 e. The van der Waals surface area contributed by atoms with Crippen LogP contribution in [0.1, 0.15) is 34.9 Å². The Kier molecular flexibility index (Phi) is 6.04. The van der Waals surface area contributed by atoms with Gasteiger partial charge in [0.25, 0.3) is 5.91 Å². The Bertz CT molecular complexity index is 1220. The molecule has 0 spiro atoms. The quantitative estimate of drug-likeness (QED) is 0.456. The molecule has 4 rings (SSSR count). The number of halogens is 1. The smallest absolute Gasteiger partial charge is 0.253 e. The van der Waals surface area contributed by atoms with E-state index in [-0.39, 0.29) is 18.4 Å². The number of nitrogens with zero attached hydrogens (tertiary/aromatic N) is 2. The summed E-state index contributed by atoms with van der Waals surface area (Å²) in [6.07, 6.45) is 1.56. The van der Waals surface area contributed by atoms with Crippen LogP contribution in [-0.2, 0) is 17.9 Å². The highest BCUT2D eigenvalue weighted by molar-refractivity contribution is 6.33. The summed E-state index contributed by atoms with van der Waals surface area (Å²) in [6, 6.07) is 17.5. The highest BCUT2D eigenvalue weighted by atomic mass is 35.5. The Morgan fingerprint density at radius 3 is 2.65 bits per heavy atom. The number of amides is 2. The lowest BCUT2D eigenvalue weighted by Crippen LogP contribution is -2.31. The van der Waals surface area contributed by atoms with E-state index in [1.807, 2.05) is 35.8 Å². The van der Waals surface area contributed by atoms with Crippen molar-refractivity contribution in [1.82, 2.24) is 20.2 Å². The molecule has 1 atom stereocenters. The summed E-state index contributed by atoms with van der Waals surface area (Å²) in [5.41, 5.74) is 1.94. The van der Waals surface area contributed by atoms with E-state index in [1.54, 1.807) is 42.7 Å². The van der Waals surface area contributed by atoms with Crippen LogP contribution in [0.25, 0.3) is 11.0 Å². The lowest BCUT2D eigenvalue weighted by Gasteiger charge is -2.16. The van der Waals surface area contributed by atoms with Gasteiger partial charge >= 0.3 is 0 Å². The summed E-state index contributed by atoms with van der Waals surface area (Å²) < 4.78 is 7.06. The molecule has 8 heteroatoms. The number of fused-ring (bicyclic) bond motifs is 1. The molecule has 158 valence electrons. The van der Waals surface area contributed by atoms with Gasteiger partial charge in [-0.1, -0.05) is 35.9 Å². The predicted octanol–water partition coefficient (Wildman–Crippen LogP) is 4.09. The lowest BCUT2D eigenvalue weighted by molar-refractivity contribution is -0.121. The van der Waals surface area contributed by atoms with Gasteiger partial charge in [-0.05, 0) is 43.3 Å². The van der Waals surface area contributed by atoms with E-state index in [0.29, 0.717) is 28.7 Å². The summed E-state index contributed by atoms with van der Waals surface area (Å²) in [5.74, 6) is 0.753. The Labute approximate surface area is 184 Å². The second-order valence-electron chi connectivity index (χ2n) is 7.08. The van der Waals surface area contributed by atoms with Crippen molar-refractivity contribution in [3.8, 4) is 0 Å². The third-order valence-corrected chi connectivity index (χ3v) is 5.21. The Hall–Kier alpha value is -3.58. The first-order valence-electron chi connectivity index (χ1n) is 9.82. The standard InChI is InChI=1S/C23H21ClN4O3/c1-15(26-23(30)17-8-2-3-9-18(17)24)22-27-19-10-4-5-11-20(19)28(22)14-21(29)25-13-16-7-6-12-31-16/h2-12,15H,13-14H2,1H3,(H,25,29)(H,26,30). The van der Waals surface area contributed by atoms with Crippen LogP contribution in [0.5, 0.6) is 0 Å². The average Bonchev–Trinajstić information content (AvgIpc) is 3.41. The third-order valence-electron chi connectivity index (χ3n) is 4.88. The van der Waals surface area contributed by atoms with E-state index in [9.17, 15) is 9.59 Å². The van der Waals surface area contributed by atoms with E-state index in [0.717, 1.165) is 11.0 Å². The molecule has 0 fully saturated rings. The Balaban J connectivity index is 1.56. The molecule has 2 aromatic carbocycles. The number of hydrogen-bond donors (Lipinski definition) is 2. The maximum Gasteiger partial charge on any atom is 0.253 e. The van der Waals surface area contributed by atoms with Crippen LogP contribution in [0.4, 0.5) is 0 Å². The van der Waals surface area contributed by atoms with Crippen molar-refractivity contribution in [2.45, 2.75) is 26.1 Å². The van der Waals surface area contributed by atoms with Crippen LogP contribution in [0.15, 0.2) is 71.3 Å². The molecule has 4 aromatic rings. The number of benzene rings is 2. The number of carbonyl (C=O) groups excluding carboxylic acids is 2. The molecular formula is C23H21ClN4O3. The first-order valence-corrected chi connectivity index (χ1v) is 10.2. The first-order chi connectivity index (χ1) is 15.0. The van der Waals surface area contributed by atoms with Gasteiger partial charge in [0.2, 0.25) is 5.91 Å². The fourth-order valence-corrected chi connectivity index (χ4v) is 3.60. The molecule has 7 nitrogen and oxygen atoms in total. The van der Waals surface area contributed by atoms with Crippen LogP contribution in [0, 0.1) is 0 Å². The number of furan rings is 1. The summed E-state index contributed by atoms with van der Waals surface area (Å²) in [5, 5.41) is 6.14. The number of rotatable bonds is 7. The third kappa shape index (κ3) is 4.62. The molecule has 1 unspecified atom stereocenters. The number of para-hydroxylation sites is 2. The van der Waals surface area contributed by atoms with Crippen LogP contribution < -0.4 is 10.6 Å². The van der Waals surface area contributed by atoms with Crippen molar-refractivity contribution in [1.29, 1.82) is 0 Å². The van der Waals surface area contributed by atoms with Crippen molar-refractivity contribution in [2.24, 2.45) is 0 Å². The number of aromatic nitrogens is 2. The van der Waals surface area contributed by atoms with Gasteiger partial charge in [-0.3, -0.25) is 9.59 Å². The minimum Gasteiger partial charge on any atom is -0.467 e. The second kappa shape index (κ2) is 9.06.